The highest BCUT2D eigenvalue weighted by molar-refractivity contribution is 7.98. The van der Waals surface area contributed by atoms with Crippen molar-refractivity contribution in [3.8, 4) is 17.2 Å². The largest absolute Gasteiger partial charge is 0.497 e. The topological polar surface area (TPSA) is 78.3 Å². The fourth-order valence-corrected chi connectivity index (χ4v) is 2.92. The molecule has 1 aromatic carbocycles. The van der Waals surface area contributed by atoms with Crippen molar-refractivity contribution >= 4 is 17.4 Å². The van der Waals surface area contributed by atoms with Crippen LogP contribution in [0.3, 0.4) is 0 Å². The Morgan fingerprint density at radius 3 is 2.79 bits per heavy atom. The molecule has 4 rings (SSSR count). The van der Waals surface area contributed by atoms with Crippen molar-refractivity contribution in [2.75, 3.05) is 7.11 Å². The van der Waals surface area contributed by atoms with Gasteiger partial charge in [0.05, 0.1) is 12.7 Å². The lowest BCUT2D eigenvalue weighted by Crippen LogP contribution is -1.85. The second kappa shape index (κ2) is 6.32. The normalized spacial score (nSPS) is 11.0. The van der Waals surface area contributed by atoms with Gasteiger partial charge in [-0.05, 0) is 29.8 Å². The highest BCUT2D eigenvalue weighted by Crippen LogP contribution is 2.26. The molecule has 0 amide bonds. The number of rotatable bonds is 5. The van der Waals surface area contributed by atoms with E-state index in [1.54, 1.807) is 13.4 Å². The second-order valence-electron chi connectivity index (χ2n) is 5.02. The molecule has 3 heterocycles. The van der Waals surface area contributed by atoms with Crippen LogP contribution in [0.2, 0.25) is 0 Å². The Morgan fingerprint density at radius 1 is 1.08 bits per heavy atom. The standard InChI is InChI=1S/C16H13N5O2S/c1-22-13-5-2-11(3-6-13)9-24-16-20-19-15(23-16)12-4-7-14-18-17-10-21(14)8-12/h2-8,10H,9H2,1H3. The number of benzene rings is 1. The summed E-state index contributed by atoms with van der Waals surface area (Å²) in [7, 11) is 1.65. The highest BCUT2D eigenvalue weighted by Gasteiger charge is 2.10. The lowest BCUT2D eigenvalue weighted by molar-refractivity contribution is 0.414. The van der Waals surface area contributed by atoms with Crippen molar-refractivity contribution in [3.63, 3.8) is 0 Å². The van der Waals surface area contributed by atoms with Crippen LogP contribution in [0.4, 0.5) is 0 Å². The van der Waals surface area contributed by atoms with E-state index < -0.39 is 0 Å². The van der Waals surface area contributed by atoms with Gasteiger partial charge in [0.25, 0.3) is 5.22 Å². The van der Waals surface area contributed by atoms with E-state index >= 15 is 0 Å². The summed E-state index contributed by atoms with van der Waals surface area (Å²) in [5, 5.41) is 16.5. The van der Waals surface area contributed by atoms with E-state index in [4.69, 9.17) is 9.15 Å². The molecule has 4 aromatic rings. The van der Waals surface area contributed by atoms with Crippen molar-refractivity contribution in [3.05, 3.63) is 54.5 Å². The second-order valence-corrected chi connectivity index (χ2v) is 5.95. The van der Waals surface area contributed by atoms with Crippen molar-refractivity contribution in [2.24, 2.45) is 0 Å². The number of thioether (sulfide) groups is 1. The number of nitrogens with zero attached hydrogens (tertiary/aromatic N) is 5. The number of pyridine rings is 1. The molecule has 0 fully saturated rings. The molecule has 0 unspecified atom stereocenters. The Morgan fingerprint density at radius 2 is 1.96 bits per heavy atom. The van der Waals surface area contributed by atoms with Crippen LogP contribution in [0.15, 0.2) is 58.6 Å². The van der Waals surface area contributed by atoms with Crippen LogP contribution >= 0.6 is 11.8 Å². The summed E-state index contributed by atoms with van der Waals surface area (Å²) in [4.78, 5) is 0. The maximum atomic E-state index is 5.72. The van der Waals surface area contributed by atoms with Crippen LogP contribution in [0.5, 0.6) is 5.75 Å². The number of hydrogen-bond acceptors (Lipinski definition) is 7. The van der Waals surface area contributed by atoms with E-state index in [9.17, 15) is 0 Å². The number of fused-ring (bicyclic) bond motifs is 1. The van der Waals surface area contributed by atoms with Gasteiger partial charge in [0.1, 0.15) is 12.1 Å². The molecular weight excluding hydrogens is 326 g/mol. The van der Waals surface area contributed by atoms with Gasteiger partial charge in [0, 0.05) is 11.9 Å². The molecule has 7 nitrogen and oxygen atoms in total. The Hall–Kier alpha value is -2.87. The van der Waals surface area contributed by atoms with Gasteiger partial charge in [-0.25, -0.2) is 0 Å². The monoisotopic (exact) mass is 339 g/mol. The predicted octanol–water partition coefficient (Wildman–Crippen LogP) is 3.08. The number of ether oxygens (including phenoxy) is 1. The fourth-order valence-electron chi connectivity index (χ4n) is 2.21. The summed E-state index contributed by atoms with van der Waals surface area (Å²) < 4.78 is 12.7. The molecule has 0 bridgehead atoms. The van der Waals surface area contributed by atoms with E-state index in [1.807, 2.05) is 47.0 Å². The van der Waals surface area contributed by atoms with Crippen LogP contribution in [-0.2, 0) is 5.75 Å². The number of methoxy groups -OCH3 is 1. The third-order valence-corrected chi connectivity index (χ3v) is 4.36. The molecule has 0 N–H and O–H groups in total. The first-order chi connectivity index (χ1) is 11.8. The third kappa shape index (κ3) is 2.95. The molecule has 0 atom stereocenters. The predicted molar refractivity (Wildman–Crippen MR) is 88.8 cm³/mol. The van der Waals surface area contributed by atoms with Crippen LogP contribution in [0.1, 0.15) is 5.56 Å². The minimum Gasteiger partial charge on any atom is -0.497 e. The number of aromatic nitrogens is 5. The van der Waals surface area contributed by atoms with Crippen LogP contribution in [0, 0.1) is 0 Å². The molecule has 3 aromatic heterocycles. The summed E-state index contributed by atoms with van der Waals surface area (Å²) >= 11 is 1.50. The molecular formula is C16H13N5O2S. The first-order valence-electron chi connectivity index (χ1n) is 7.21. The van der Waals surface area contributed by atoms with E-state index in [1.165, 1.54) is 11.8 Å². The molecule has 24 heavy (non-hydrogen) atoms. The van der Waals surface area contributed by atoms with Crippen molar-refractivity contribution in [1.82, 2.24) is 24.8 Å². The SMILES string of the molecule is COc1ccc(CSc2nnc(-c3ccc4nncn4c3)o2)cc1. The van der Waals surface area contributed by atoms with E-state index in [-0.39, 0.29) is 0 Å². The molecule has 0 spiro atoms. The van der Waals surface area contributed by atoms with E-state index in [0.717, 1.165) is 28.3 Å². The van der Waals surface area contributed by atoms with Crippen LogP contribution in [0.25, 0.3) is 17.1 Å². The molecule has 0 aliphatic carbocycles. The molecule has 0 saturated carbocycles. The molecule has 8 heteroatoms. The average Bonchev–Trinajstić information content (AvgIpc) is 3.29. The maximum Gasteiger partial charge on any atom is 0.277 e. The van der Waals surface area contributed by atoms with Gasteiger partial charge in [-0.1, -0.05) is 23.9 Å². The van der Waals surface area contributed by atoms with Crippen LogP contribution < -0.4 is 4.74 Å². The lowest BCUT2D eigenvalue weighted by Gasteiger charge is -2.01. The third-order valence-electron chi connectivity index (χ3n) is 3.47. The highest BCUT2D eigenvalue weighted by atomic mass is 32.2. The lowest BCUT2D eigenvalue weighted by atomic mass is 10.2. The molecule has 120 valence electrons. The van der Waals surface area contributed by atoms with Gasteiger partial charge in [-0.15, -0.1) is 20.4 Å². The quantitative estimate of drug-likeness (QED) is 0.517. The van der Waals surface area contributed by atoms with Crippen molar-refractivity contribution < 1.29 is 9.15 Å². The van der Waals surface area contributed by atoms with Crippen molar-refractivity contribution in [1.29, 1.82) is 0 Å². The van der Waals surface area contributed by atoms with E-state index in [0.29, 0.717) is 11.1 Å². The first kappa shape index (κ1) is 14.7. The van der Waals surface area contributed by atoms with Gasteiger partial charge < -0.3 is 9.15 Å². The zero-order valence-electron chi connectivity index (χ0n) is 12.8. The smallest absolute Gasteiger partial charge is 0.277 e. The van der Waals surface area contributed by atoms with Crippen LogP contribution in [-0.4, -0.2) is 31.9 Å². The van der Waals surface area contributed by atoms with Crippen molar-refractivity contribution in [2.45, 2.75) is 11.0 Å². The molecule has 0 radical (unpaired) electrons. The Labute approximate surface area is 141 Å². The first-order valence-corrected chi connectivity index (χ1v) is 8.19. The molecule has 0 aliphatic rings. The van der Waals surface area contributed by atoms with Gasteiger partial charge in [0.2, 0.25) is 5.89 Å². The summed E-state index contributed by atoms with van der Waals surface area (Å²) in [5.41, 5.74) is 2.75. The summed E-state index contributed by atoms with van der Waals surface area (Å²) in [6.45, 7) is 0. The minimum absolute atomic E-state index is 0.475. The van der Waals surface area contributed by atoms with Gasteiger partial charge in [-0.3, -0.25) is 4.40 Å². The Kier molecular flexibility index (Phi) is 3.87. The molecule has 0 aliphatic heterocycles. The summed E-state index contributed by atoms with van der Waals surface area (Å²) in [5.74, 6) is 2.06. The summed E-state index contributed by atoms with van der Waals surface area (Å²) in [6.07, 6.45) is 3.50. The zero-order valence-corrected chi connectivity index (χ0v) is 13.6. The summed E-state index contributed by atoms with van der Waals surface area (Å²) in [6, 6.07) is 11.6. The number of hydrogen-bond donors (Lipinski definition) is 0. The average molecular weight is 339 g/mol. The Bertz CT molecular complexity index is 964. The van der Waals surface area contributed by atoms with E-state index in [2.05, 4.69) is 20.4 Å². The molecule has 0 saturated heterocycles. The van der Waals surface area contributed by atoms with Gasteiger partial charge in [-0.2, -0.15) is 0 Å². The zero-order chi connectivity index (χ0) is 16.4. The fraction of sp³-hybridized carbons (Fsp3) is 0.125. The maximum absolute atomic E-state index is 5.72. The minimum atomic E-state index is 0.475. The van der Waals surface area contributed by atoms with Gasteiger partial charge >= 0.3 is 0 Å². The Balaban J connectivity index is 1.47. The van der Waals surface area contributed by atoms with Gasteiger partial charge in [0.15, 0.2) is 5.65 Å².